The molecule has 2 heterocycles. The minimum Gasteiger partial charge on any atom is -0.303 e. The summed E-state index contributed by atoms with van der Waals surface area (Å²) in [5.41, 5.74) is 2.62. The first-order chi connectivity index (χ1) is 13.4. The van der Waals surface area contributed by atoms with E-state index in [1.165, 1.54) is 12.8 Å². The molecule has 4 rings (SSSR count). The fourth-order valence-corrected chi connectivity index (χ4v) is 4.55. The molecule has 2 aromatic heterocycles. The summed E-state index contributed by atoms with van der Waals surface area (Å²) in [4.78, 5) is 20.7. The fourth-order valence-electron chi connectivity index (χ4n) is 4.55. The van der Waals surface area contributed by atoms with E-state index in [-0.39, 0.29) is 5.56 Å². The molecule has 28 heavy (non-hydrogen) atoms. The van der Waals surface area contributed by atoms with E-state index in [0.29, 0.717) is 22.7 Å². The van der Waals surface area contributed by atoms with Crippen molar-refractivity contribution < 1.29 is 0 Å². The van der Waals surface area contributed by atoms with Crippen LogP contribution in [0.1, 0.15) is 70.8 Å². The molecule has 0 aliphatic heterocycles. The molecule has 0 spiro atoms. The highest BCUT2D eigenvalue weighted by atomic mass is 16.1. The molecular weight excluding hydrogens is 348 g/mol. The van der Waals surface area contributed by atoms with E-state index in [1.807, 2.05) is 41.8 Å². The summed E-state index contributed by atoms with van der Waals surface area (Å²) >= 11 is 0. The molecule has 0 atom stereocenters. The van der Waals surface area contributed by atoms with E-state index in [0.717, 1.165) is 42.3 Å². The maximum Gasteiger partial charge on any atom is 0.277 e. The van der Waals surface area contributed by atoms with Crippen LogP contribution in [0.15, 0.2) is 35.1 Å². The molecule has 3 aromatic rings. The number of H-pyrrole nitrogens is 1. The third kappa shape index (κ3) is 3.38. The normalized spacial score (nSPS) is 20.6. The van der Waals surface area contributed by atoms with Gasteiger partial charge in [0.1, 0.15) is 5.82 Å². The first-order valence-electron chi connectivity index (χ1n) is 10.5. The molecular formula is C23H30N4O. The van der Waals surface area contributed by atoms with Gasteiger partial charge < -0.3 is 4.98 Å². The molecule has 5 nitrogen and oxygen atoms in total. The van der Waals surface area contributed by atoms with E-state index in [2.05, 4.69) is 25.8 Å². The number of rotatable bonds is 3. The molecule has 1 aliphatic rings. The summed E-state index contributed by atoms with van der Waals surface area (Å²) in [5.74, 6) is 2.67. The van der Waals surface area contributed by atoms with Gasteiger partial charge >= 0.3 is 0 Å². The molecule has 0 radical (unpaired) electrons. The Kier molecular flexibility index (Phi) is 4.86. The van der Waals surface area contributed by atoms with Crippen LogP contribution in [0.3, 0.4) is 0 Å². The number of nitrogens with one attached hydrogen (secondary N) is 1. The lowest BCUT2D eigenvalue weighted by Crippen LogP contribution is -2.26. The number of aryl methyl sites for hydroxylation is 1. The van der Waals surface area contributed by atoms with Crippen molar-refractivity contribution in [3.63, 3.8) is 0 Å². The Morgan fingerprint density at radius 1 is 1.11 bits per heavy atom. The zero-order valence-corrected chi connectivity index (χ0v) is 17.3. The van der Waals surface area contributed by atoms with Crippen molar-refractivity contribution in [1.82, 2.24) is 19.6 Å². The van der Waals surface area contributed by atoms with Crippen molar-refractivity contribution in [2.45, 2.75) is 65.7 Å². The summed E-state index contributed by atoms with van der Waals surface area (Å²) in [5, 5.41) is 4.82. The quantitative estimate of drug-likeness (QED) is 0.700. The molecule has 1 fully saturated rings. The van der Waals surface area contributed by atoms with E-state index in [1.54, 1.807) is 0 Å². The molecule has 0 bridgehead atoms. The van der Waals surface area contributed by atoms with Gasteiger partial charge in [-0.1, -0.05) is 58.0 Å². The van der Waals surface area contributed by atoms with Gasteiger partial charge in [0, 0.05) is 11.5 Å². The maximum absolute atomic E-state index is 12.9. The first kappa shape index (κ1) is 18.9. The smallest absolute Gasteiger partial charge is 0.277 e. The predicted octanol–water partition coefficient (Wildman–Crippen LogP) is 4.97. The average molecular weight is 379 g/mol. The van der Waals surface area contributed by atoms with E-state index in [4.69, 9.17) is 10.1 Å². The van der Waals surface area contributed by atoms with Gasteiger partial charge in [0.2, 0.25) is 0 Å². The van der Waals surface area contributed by atoms with Gasteiger partial charge in [-0.05, 0) is 43.4 Å². The maximum atomic E-state index is 12.9. The molecule has 1 saturated carbocycles. The van der Waals surface area contributed by atoms with Crippen LogP contribution in [0.5, 0.6) is 0 Å². The minimum absolute atomic E-state index is 0.104. The minimum atomic E-state index is -0.104. The standard InChI is InChI=1S/C23H30N4O/c1-5-18-19-22(28)25-20(15-9-7-6-8-10-15)26-27(19)21(24-18)16-11-13-17(14-12-16)23(2,3)4/h6-10,16-17H,5,11-14H2,1-4H3,(H,25,26,28)/t16-,17+. The molecule has 0 amide bonds. The van der Waals surface area contributed by atoms with Crippen molar-refractivity contribution >= 4 is 5.52 Å². The third-order valence-corrected chi connectivity index (χ3v) is 6.30. The van der Waals surface area contributed by atoms with Crippen LogP contribution in [0.4, 0.5) is 0 Å². The lowest BCUT2D eigenvalue weighted by Gasteiger charge is -2.36. The number of imidazole rings is 1. The number of aromatic nitrogens is 4. The summed E-state index contributed by atoms with van der Waals surface area (Å²) < 4.78 is 1.84. The van der Waals surface area contributed by atoms with Crippen LogP contribution in [0, 0.1) is 11.3 Å². The third-order valence-electron chi connectivity index (χ3n) is 6.30. The number of hydrogen-bond acceptors (Lipinski definition) is 3. The Morgan fingerprint density at radius 2 is 1.79 bits per heavy atom. The highest BCUT2D eigenvalue weighted by Gasteiger charge is 2.32. The second kappa shape index (κ2) is 7.19. The van der Waals surface area contributed by atoms with Gasteiger partial charge in [-0.2, -0.15) is 0 Å². The van der Waals surface area contributed by atoms with E-state index in [9.17, 15) is 4.79 Å². The second-order valence-corrected chi connectivity index (χ2v) is 9.11. The Morgan fingerprint density at radius 3 is 2.39 bits per heavy atom. The molecule has 1 N–H and O–H groups in total. The molecule has 148 valence electrons. The van der Waals surface area contributed by atoms with E-state index < -0.39 is 0 Å². The number of hydrogen-bond donors (Lipinski definition) is 1. The Hall–Kier alpha value is -2.43. The molecule has 1 aliphatic carbocycles. The van der Waals surface area contributed by atoms with Gasteiger partial charge in [-0.25, -0.2) is 9.50 Å². The van der Waals surface area contributed by atoms with Crippen LogP contribution in [-0.4, -0.2) is 19.6 Å². The monoisotopic (exact) mass is 378 g/mol. The molecule has 1 aromatic carbocycles. The Balaban J connectivity index is 1.77. The molecule has 5 heteroatoms. The van der Waals surface area contributed by atoms with E-state index >= 15 is 0 Å². The summed E-state index contributed by atoms with van der Waals surface area (Å²) in [6, 6.07) is 9.82. The first-order valence-corrected chi connectivity index (χ1v) is 10.5. The second-order valence-electron chi connectivity index (χ2n) is 9.11. The highest BCUT2D eigenvalue weighted by Crippen LogP contribution is 2.43. The Bertz CT molecular complexity index is 1020. The van der Waals surface area contributed by atoms with Crippen molar-refractivity contribution in [3.05, 3.63) is 52.2 Å². The number of aromatic amines is 1. The Labute approximate surface area is 166 Å². The molecule has 0 saturated heterocycles. The van der Waals surface area contributed by atoms with Crippen LogP contribution in [0.2, 0.25) is 0 Å². The zero-order valence-electron chi connectivity index (χ0n) is 17.3. The fraction of sp³-hybridized carbons (Fsp3) is 0.522. The van der Waals surface area contributed by atoms with Gasteiger partial charge in [0.05, 0.1) is 5.69 Å². The predicted molar refractivity (Wildman–Crippen MR) is 113 cm³/mol. The van der Waals surface area contributed by atoms with Gasteiger partial charge in [-0.3, -0.25) is 4.79 Å². The van der Waals surface area contributed by atoms with Crippen LogP contribution < -0.4 is 5.56 Å². The summed E-state index contributed by atoms with van der Waals surface area (Å²) in [7, 11) is 0. The van der Waals surface area contributed by atoms with Gasteiger partial charge in [-0.15, -0.1) is 5.10 Å². The van der Waals surface area contributed by atoms with Crippen molar-refractivity contribution in [3.8, 4) is 11.4 Å². The highest BCUT2D eigenvalue weighted by molar-refractivity contribution is 5.58. The largest absolute Gasteiger partial charge is 0.303 e. The number of fused-ring (bicyclic) bond motifs is 1. The number of benzene rings is 1. The topological polar surface area (TPSA) is 63.1 Å². The van der Waals surface area contributed by atoms with Crippen molar-refractivity contribution in [1.29, 1.82) is 0 Å². The lowest BCUT2D eigenvalue weighted by atomic mass is 9.70. The van der Waals surface area contributed by atoms with Gasteiger partial charge in [0.15, 0.2) is 11.3 Å². The van der Waals surface area contributed by atoms with Crippen LogP contribution in [-0.2, 0) is 6.42 Å². The summed E-state index contributed by atoms with van der Waals surface area (Å²) in [6.45, 7) is 9.06. The van der Waals surface area contributed by atoms with Gasteiger partial charge in [0.25, 0.3) is 5.56 Å². The zero-order chi connectivity index (χ0) is 19.9. The van der Waals surface area contributed by atoms with Crippen molar-refractivity contribution in [2.24, 2.45) is 11.3 Å². The van der Waals surface area contributed by atoms with Crippen LogP contribution >= 0.6 is 0 Å². The summed E-state index contributed by atoms with van der Waals surface area (Å²) in [6.07, 6.45) is 5.37. The van der Waals surface area contributed by atoms with Crippen molar-refractivity contribution in [2.75, 3.05) is 0 Å². The lowest BCUT2D eigenvalue weighted by molar-refractivity contribution is 0.167. The SMILES string of the molecule is CCc1nc([C@H]2CC[C@@H](C(C)(C)C)CC2)n2nc(-c3ccccc3)[nH]c(=O)c12. The molecule has 0 unspecified atom stereocenters. The van der Waals surface area contributed by atoms with Crippen LogP contribution in [0.25, 0.3) is 16.9 Å². The number of nitrogens with zero attached hydrogens (tertiary/aromatic N) is 3. The average Bonchev–Trinajstić information content (AvgIpc) is 3.07.